The Labute approximate surface area is 124 Å². The number of aromatic nitrogens is 4. The predicted octanol–water partition coefficient (Wildman–Crippen LogP) is 1.68. The molecule has 1 unspecified atom stereocenters. The minimum Gasteiger partial charge on any atom is -0.367 e. The second-order valence-electron chi connectivity index (χ2n) is 5.57. The van der Waals surface area contributed by atoms with Crippen LogP contribution in [0.3, 0.4) is 0 Å². The van der Waals surface area contributed by atoms with Gasteiger partial charge in [0.05, 0.1) is 6.33 Å². The van der Waals surface area contributed by atoms with Gasteiger partial charge in [-0.1, -0.05) is 6.42 Å². The highest BCUT2D eigenvalue weighted by molar-refractivity contribution is 5.83. The molecule has 21 heavy (non-hydrogen) atoms. The van der Waals surface area contributed by atoms with Crippen LogP contribution in [0.25, 0.3) is 11.2 Å². The Morgan fingerprint density at radius 2 is 2.10 bits per heavy atom. The third-order valence-corrected chi connectivity index (χ3v) is 4.09. The van der Waals surface area contributed by atoms with Gasteiger partial charge >= 0.3 is 0 Å². The van der Waals surface area contributed by atoms with Crippen LogP contribution >= 0.6 is 0 Å². The van der Waals surface area contributed by atoms with Crippen molar-refractivity contribution in [3.8, 4) is 0 Å². The molecule has 1 saturated heterocycles. The number of piperidine rings is 1. The van der Waals surface area contributed by atoms with Crippen molar-refractivity contribution in [2.24, 2.45) is 0 Å². The van der Waals surface area contributed by atoms with Crippen molar-refractivity contribution >= 4 is 22.9 Å². The molecule has 7 heteroatoms. The van der Waals surface area contributed by atoms with E-state index >= 15 is 0 Å². The number of aromatic amines is 1. The topological polar surface area (TPSA) is 81.8 Å². The Morgan fingerprint density at radius 3 is 2.86 bits per heavy atom. The second kappa shape index (κ2) is 6.26. The summed E-state index contributed by atoms with van der Waals surface area (Å²) in [6, 6.07) is 0.497. The number of nitrogens with one attached hydrogen (secondary N) is 3. The lowest BCUT2D eigenvalue weighted by atomic mass is 10.1. The van der Waals surface area contributed by atoms with Crippen LogP contribution in [-0.4, -0.2) is 57.6 Å². The molecular weight excluding hydrogens is 266 g/mol. The van der Waals surface area contributed by atoms with Gasteiger partial charge in [-0.05, 0) is 32.9 Å². The lowest BCUT2D eigenvalue weighted by Crippen LogP contribution is -2.41. The maximum absolute atomic E-state index is 4.49. The molecule has 1 atom stereocenters. The van der Waals surface area contributed by atoms with Gasteiger partial charge in [-0.2, -0.15) is 9.97 Å². The number of rotatable bonds is 5. The Bertz CT molecular complexity index is 588. The highest BCUT2D eigenvalue weighted by Gasteiger charge is 2.17. The van der Waals surface area contributed by atoms with Gasteiger partial charge < -0.3 is 15.6 Å². The molecule has 0 spiro atoms. The summed E-state index contributed by atoms with van der Waals surface area (Å²) in [6.07, 6.45) is 5.64. The lowest BCUT2D eigenvalue weighted by Gasteiger charge is -2.32. The molecule has 2 aromatic rings. The maximum Gasteiger partial charge on any atom is 0.226 e. The van der Waals surface area contributed by atoms with Crippen molar-refractivity contribution in [2.45, 2.75) is 32.2 Å². The van der Waals surface area contributed by atoms with Crippen molar-refractivity contribution in [3.63, 3.8) is 0 Å². The molecule has 0 aromatic carbocycles. The Morgan fingerprint density at radius 1 is 1.29 bits per heavy atom. The summed E-state index contributed by atoms with van der Waals surface area (Å²) in [5.41, 5.74) is 1.54. The first-order valence-electron chi connectivity index (χ1n) is 7.64. The van der Waals surface area contributed by atoms with Gasteiger partial charge in [0.1, 0.15) is 5.52 Å². The number of imidazole rings is 1. The fourth-order valence-corrected chi connectivity index (χ4v) is 2.81. The molecule has 0 aliphatic carbocycles. The summed E-state index contributed by atoms with van der Waals surface area (Å²) in [5.74, 6) is 1.40. The summed E-state index contributed by atoms with van der Waals surface area (Å²) in [4.78, 5) is 18.7. The van der Waals surface area contributed by atoms with Gasteiger partial charge in [0.15, 0.2) is 11.5 Å². The van der Waals surface area contributed by atoms with Gasteiger partial charge in [-0.3, -0.25) is 4.90 Å². The van der Waals surface area contributed by atoms with Gasteiger partial charge in [0.2, 0.25) is 5.95 Å². The number of H-pyrrole nitrogens is 1. The molecular formula is C14H23N7. The molecule has 0 saturated carbocycles. The second-order valence-corrected chi connectivity index (χ2v) is 5.57. The average Bonchev–Trinajstić information content (AvgIpc) is 3.01. The molecule has 1 aliphatic heterocycles. The van der Waals surface area contributed by atoms with Crippen LogP contribution in [0.4, 0.5) is 11.8 Å². The van der Waals surface area contributed by atoms with Gasteiger partial charge in [-0.15, -0.1) is 0 Å². The highest BCUT2D eigenvalue weighted by atomic mass is 15.2. The fourth-order valence-electron chi connectivity index (χ4n) is 2.81. The molecule has 3 heterocycles. The van der Waals surface area contributed by atoms with Crippen molar-refractivity contribution < 1.29 is 0 Å². The van der Waals surface area contributed by atoms with Crippen LogP contribution < -0.4 is 10.6 Å². The molecule has 7 nitrogen and oxygen atoms in total. The highest BCUT2D eigenvalue weighted by Crippen LogP contribution is 2.19. The molecule has 0 amide bonds. The average molecular weight is 289 g/mol. The normalized spacial score (nSPS) is 17.8. The van der Waals surface area contributed by atoms with E-state index in [0.717, 1.165) is 17.9 Å². The smallest absolute Gasteiger partial charge is 0.226 e. The first-order chi connectivity index (χ1) is 10.3. The number of anilines is 2. The van der Waals surface area contributed by atoms with E-state index in [9.17, 15) is 0 Å². The van der Waals surface area contributed by atoms with E-state index < -0.39 is 0 Å². The number of hydrogen-bond acceptors (Lipinski definition) is 6. The minimum absolute atomic E-state index is 0.497. The molecule has 1 aliphatic rings. The SMILES string of the molecule is CNc1nc(NCC(C)N2CCCCC2)c2[nH]cnc2n1. The van der Waals surface area contributed by atoms with Crippen LogP contribution in [0.5, 0.6) is 0 Å². The largest absolute Gasteiger partial charge is 0.367 e. The minimum atomic E-state index is 0.497. The number of fused-ring (bicyclic) bond motifs is 1. The zero-order valence-corrected chi connectivity index (χ0v) is 12.7. The zero-order valence-electron chi connectivity index (χ0n) is 12.7. The first kappa shape index (κ1) is 14.1. The fraction of sp³-hybridized carbons (Fsp3) is 0.643. The van der Waals surface area contributed by atoms with E-state index in [1.54, 1.807) is 6.33 Å². The molecule has 1 fully saturated rings. The van der Waals surface area contributed by atoms with E-state index in [4.69, 9.17) is 0 Å². The standard InChI is InChI=1S/C14H23N7/c1-10(21-6-4-3-5-7-21)8-16-12-11-13(18-9-17-11)20-14(15-2)19-12/h9-10H,3-8H2,1-2H3,(H3,15,16,17,18,19,20). The van der Waals surface area contributed by atoms with E-state index in [0.29, 0.717) is 17.6 Å². The predicted molar refractivity (Wildman–Crippen MR) is 84.6 cm³/mol. The van der Waals surface area contributed by atoms with Crippen molar-refractivity contribution in [3.05, 3.63) is 6.33 Å². The van der Waals surface area contributed by atoms with Crippen LogP contribution in [0, 0.1) is 0 Å². The van der Waals surface area contributed by atoms with E-state index in [-0.39, 0.29) is 0 Å². The van der Waals surface area contributed by atoms with Crippen molar-refractivity contribution in [1.82, 2.24) is 24.8 Å². The molecule has 114 valence electrons. The van der Waals surface area contributed by atoms with E-state index in [1.165, 1.54) is 32.4 Å². The van der Waals surface area contributed by atoms with Crippen LogP contribution in [-0.2, 0) is 0 Å². The molecule has 0 bridgehead atoms. The zero-order chi connectivity index (χ0) is 14.7. The van der Waals surface area contributed by atoms with Crippen LogP contribution in [0.2, 0.25) is 0 Å². The molecule has 2 aromatic heterocycles. The van der Waals surface area contributed by atoms with Crippen LogP contribution in [0.1, 0.15) is 26.2 Å². The third kappa shape index (κ3) is 3.07. The van der Waals surface area contributed by atoms with Gasteiger partial charge in [0.25, 0.3) is 0 Å². The monoisotopic (exact) mass is 289 g/mol. The Kier molecular flexibility index (Phi) is 4.19. The summed E-state index contributed by atoms with van der Waals surface area (Å²) in [6.45, 7) is 5.54. The van der Waals surface area contributed by atoms with Crippen molar-refractivity contribution in [2.75, 3.05) is 37.3 Å². The summed E-state index contributed by atoms with van der Waals surface area (Å²) >= 11 is 0. The Hall–Kier alpha value is -1.89. The maximum atomic E-state index is 4.49. The number of hydrogen-bond donors (Lipinski definition) is 3. The summed E-state index contributed by atoms with van der Waals surface area (Å²) < 4.78 is 0. The first-order valence-corrected chi connectivity index (χ1v) is 7.64. The van der Waals surface area contributed by atoms with Crippen LogP contribution in [0.15, 0.2) is 6.33 Å². The summed E-state index contributed by atoms with van der Waals surface area (Å²) in [7, 11) is 1.81. The number of likely N-dealkylation sites (tertiary alicyclic amines) is 1. The number of nitrogens with zero attached hydrogens (tertiary/aromatic N) is 4. The van der Waals surface area contributed by atoms with Gasteiger partial charge in [-0.25, -0.2) is 4.98 Å². The molecule has 0 radical (unpaired) electrons. The Balaban J connectivity index is 1.70. The van der Waals surface area contributed by atoms with Gasteiger partial charge in [0, 0.05) is 19.6 Å². The molecule has 3 rings (SSSR count). The van der Waals surface area contributed by atoms with Crippen molar-refractivity contribution in [1.29, 1.82) is 0 Å². The lowest BCUT2D eigenvalue weighted by molar-refractivity contribution is 0.180. The quantitative estimate of drug-likeness (QED) is 0.777. The van der Waals surface area contributed by atoms with E-state index in [1.807, 2.05) is 7.05 Å². The third-order valence-electron chi connectivity index (χ3n) is 4.09. The summed E-state index contributed by atoms with van der Waals surface area (Å²) in [5, 5.41) is 6.42. The van der Waals surface area contributed by atoms with E-state index in [2.05, 4.69) is 42.4 Å². The molecule has 3 N–H and O–H groups in total.